The summed E-state index contributed by atoms with van der Waals surface area (Å²) in [6, 6.07) is 2.67. The molecule has 9 nitrogen and oxygen atoms in total. The predicted molar refractivity (Wildman–Crippen MR) is 114 cm³/mol. The second-order valence-corrected chi connectivity index (χ2v) is 8.59. The van der Waals surface area contributed by atoms with Crippen molar-refractivity contribution in [2.45, 2.75) is 51.6 Å². The molecule has 2 aliphatic heterocycles. The average molecular weight is 427 g/mol. The fraction of sp³-hybridized carbons (Fsp3) is 0.429. The van der Waals surface area contributed by atoms with Crippen molar-refractivity contribution in [3.63, 3.8) is 0 Å². The van der Waals surface area contributed by atoms with E-state index in [9.17, 15) is 9.18 Å². The van der Waals surface area contributed by atoms with Crippen LogP contribution in [0.5, 0.6) is 0 Å². The molecule has 10 heteroatoms. The molecule has 1 aromatic heterocycles. The minimum absolute atomic E-state index is 0. The number of carbonyl (C=O) groups is 1. The molecule has 2 fully saturated rings. The molecule has 3 N–H and O–H groups in total. The summed E-state index contributed by atoms with van der Waals surface area (Å²) in [5, 5.41) is 6.68. The number of amides is 2. The number of nitrogens with one attached hydrogen (secondary N) is 3. The molecular weight excluding hydrogens is 401 g/mol. The Kier molecular flexibility index (Phi) is 4.45. The molecule has 1 saturated carbocycles. The molecule has 0 spiro atoms. The fourth-order valence-corrected chi connectivity index (χ4v) is 5.06. The predicted octanol–water partition coefficient (Wildman–Crippen LogP) is 3.33. The lowest BCUT2D eigenvalue weighted by atomic mass is 9.64. The number of hydrogen-bond acceptors (Lipinski definition) is 7. The maximum atomic E-state index is 14.8. The van der Waals surface area contributed by atoms with Crippen LogP contribution in [0, 0.1) is 25.6 Å². The van der Waals surface area contributed by atoms with Gasteiger partial charge in [-0.15, -0.1) is 0 Å². The van der Waals surface area contributed by atoms with Gasteiger partial charge in [-0.2, -0.15) is 4.98 Å². The first kappa shape index (κ1) is 19.5. The highest BCUT2D eigenvalue weighted by atomic mass is 19.1. The second kappa shape index (κ2) is 7.07. The van der Waals surface area contributed by atoms with Crippen molar-refractivity contribution in [2.75, 3.05) is 5.32 Å². The van der Waals surface area contributed by atoms with E-state index in [0.717, 1.165) is 19.3 Å². The number of hydrogen-bond donors (Lipinski definition) is 3. The van der Waals surface area contributed by atoms with E-state index in [1.165, 1.54) is 6.07 Å². The van der Waals surface area contributed by atoms with Crippen LogP contribution in [0.15, 0.2) is 34.0 Å². The number of aryl methyl sites for hydroxylation is 2. The Labute approximate surface area is 180 Å². The van der Waals surface area contributed by atoms with Crippen molar-refractivity contribution in [1.82, 2.24) is 25.9 Å². The van der Waals surface area contributed by atoms with Gasteiger partial charge in [-0.25, -0.2) is 14.2 Å². The Balaban J connectivity index is 0.00000245. The number of anilines is 1. The van der Waals surface area contributed by atoms with Gasteiger partial charge in [0.2, 0.25) is 0 Å². The van der Waals surface area contributed by atoms with Crippen molar-refractivity contribution in [3.05, 3.63) is 53.2 Å². The highest BCUT2D eigenvalue weighted by Crippen LogP contribution is 2.55. The van der Waals surface area contributed by atoms with Gasteiger partial charge in [0.05, 0.1) is 5.69 Å². The number of aliphatic imine (C=N–C) groups is 1. The zero-order valence-electron chi connectivity index (χ0n) is 17.6. The number of likely N-dealkylation sites (tertiary alicyclic amines) is 1. The Morgan fingerprint density at radius 1 is 1.39 bits per heavy atom. The monoisotopic (exact) mass is 427 g/mol. The topological polar surface area (TPSA) is 108 Å². The minimum Gasteiger partial charge on any atom is -0.337 e. The summed E-state index contributed by atoms with van der Waals surface area (Å²) in [6.07, 6.45) is 5.65. The number of hydrazine groups is 1. The lowest BCUT2D eigenvalue weighted by Gasteiger charge is -2.61. The van der Waals surface area contributed by atoms with E-state index in [2.05, 4.69) is 38.2 Å². The lowest BCUT2D eigenvalue weighted by molar-refractivity contribution is -0.112. The third-order valence-electron chi connectivity index (χ3n) is 6.27. The molecule has 3 aliphatic rings. The highest BCUT2D eigenvalue weighted by Gasteiger charge is 2.62. The summed E-state index contributed by atoms with van der Waals surface area (Å²) in [4.78, 5) is 23.7. The van der Waals surface area contributed by atoms with Crippen LogP contribution in [-0.2, 0) is 5.54 Å². The van der Waals surface area contributed by atoms with Gasteiger partial charge in [0.25, 0.3) is 5.89 Å². The van der Waals surface area contributed by atoms with Crippen LogP contribution in [-0.4, -0.2) is 32.9 Å². The Bertz CT molecular complexity index is 1120. The molecule has 3 atom stereocenters. The van der Waals surface area contributed by atoms with Gasteiger partial charge in [-0.05, 0) is 50.3 Å². The number of aromatic nitrogens is 2. The van der Waals surface area contributed by atoms with Gasteiger partial charge >= 0.3 is 6.03 Å². The molecule has 2 aromatic rings. The van der Waals surface area contributed by atoms with Crippen LogP contribution in [0.1, 0.15) is 50.5 Å². The molecule has 2 amide bonds. The number of nitrogens with zero attached hydrogens (tertiary/aromatic N) is 4. The number of halogens is 1. The van der Waals surface area contributed by atoms with Gasteiger partial charge in [-0.1, -0.05) is 12.1 Å². The molecule has 3 unspecified atom stereocenters. The quantitative estimate of drug-likeness (QED) is 0.694. The van der Waals surface area contributed by atoms with E-state index in [1.54, 1.807) is 37.2 Å². The maximum absolute atomic E-state index is 14.8. The van der Waals surface area contributed by atoms with Crippen molar-refractivity contribution in [3.8, 4) is 0 Å². The average Bonchev–Trinajstić information content (AvgIpc) is 3.17. The van der Waals surface area contributed by atoms with Crippen LogP contribution in [0.2, 0.25) is 0 Å². The summed E-state index contributed by atoms with van der Waals surface area (Å²) in [5.41, 5.74) is 6.63. The Morgan fingerprint density at radius 2 is 2.23 bits per heavy atom. The number of carbonyl (C=O) groups excluding carboxylic acids is 1. The van der Waals surface area contributed by atoms with E-state index >= 15 is 0 Å². The zero-order valence-corrected chi connectivity index (χ0v) is 17.6. The van der Waals surface area contributed by atoms with E-state index in [-0.39, 0.29) is 19.2 Å². The number of benzene rings is 1. The van der Waals surface area contributed by atoms with Crippen molar-refractivity contribution in [2.24, 2.45) is 10.9 Å². The van der Waals surface area contributed by atoms with Crippen LogP contribution in [0.4, 0.5) is 14.9 Å². The largest absolute Gasteiger partial charge is 0.337 e. The van der Waals surface area contributed by atoms with Gasteiger partial charge in [0.1, 0.15) is 11.4 Å². The number of piperidine rings is 1. The molecule has 31 heavy (non-hydrogen) atoms. The van der Waals surface area contributed by atoms with Crippen LogP contribution < -0.4 is 16.2 Å². The summed E-state index contributed by atoms with van der Waals surface area (Å²) in [5.74, 6) is 1.45. The van der Waals surface area contributed by atoms with E-state index < -0.39 is 11.4 Å². The van der Waals surface area contributed by atoms with Gasteiger partial charge in [-0.3, -0.25) is 5.43 Å². The van der Waals surface area contributed by atoms with Crippen LogP contribution in [0.25, 0.3) is 0 Å². The van der Waals surface area contributed by atoms with Crippen molar-refractivity contribution in [1.29, 1.82) is 0 Å². The van der Waals surface area contributed by atoms with E-state index in [1.807, 2.05) is 0 Å². The lowest BCUT2D eigenvalue weighted by Crippen LogP contribution is -2.70. The summed E-state index contributed by atoms with van der Waals surface area (Å²) in [6.45, 7) is 5.71. The smallest absolute Gasteiger partial charge is 0.323 e. The summed E-state index contributed by atoms with van der Waals surface area (Å²) >= 11 is 0. The van der Waals surface area contributed by atoms with Crippen LogP contribution in [0.3, 0.4) is 0 Å². The van der Waals surface area contributed by atoms with E-state index in [0.29, 0.717) is 34.6 Å². The third-order valence-corrected chi connectivity index (χ3v) is 6.27. The Morgan fingerprint density at radius 3 is 2.94 bits per heavy atom. The summed E-state index contributed by atoms with van der Waals surface area (Å²) in [7, 11) is 0. The first-order chi connectivity index (χ1) is 14.9. The SMILES string of the molecule is Cc1noc(C23CC(C)CC(C2)N3C(=O)Nc2cc(C3=NC=CNN3)c(C)cc2F)n1.[HH]. The molecule has 164 valence electrons. The molecule has 5 rings (SSSR count). The second-order valence-electron chi connectivity index (χ2n) is 8.59. The highest BCUT2D eigenvalue weighted by molar-refractivity contribution is 6.02. The minimum atomic E-state index is -0.637. The standard InChI is InChI=1S/C21H24FN7O2.H2/c1-11-6-14-10-21(9-11,19-25-13(3)28-31-19)29(14)20(30)26-17-8-15(12(2)7-16(17)22)18-23-4-5-24-27-18;/h4-5,7-8,11,14,24H,6,9-10H2,1-3H3,(H,23,27)(H,26,30);1H. The van der Waals surface area contributed by atoms with Crippen molar-refractivity contribution >= 4 is 17.6 Å². The summed E-state index contributed by atoms with van der Waals surface area (Å²) < 4.78 is 20.2. The maximum Gasteiger partial charge on any atom is 0.323 e. The van der Waals surface area contributed by atoms with Gasteiger partial charge < -0.3 is 20.2 Å². The van der Waals surface area contributed by atoms with Gasteiger partial charge in [0.15, 0.2) is 11.7 Å². The molecule has 0 radical (unpaired) electrons. The van der Waals surface area contributed by atoms with Crippen molar-refractivity contribution < 1.29 is 15.1 Å². The third kappa shape index (κ3) is 3.13. The number of rotatable bonds is 3. The first-order valence-electron chi connectivity index (χ1n) is 10.3. The normalized spacial score (nSPS) is 26.5. The number of fused-ring (bicyclic) bond motifs is 2. The molecule has 2 bridgehead atoms. The molecule has 3 heterocycles. The molecule has 1 aromatic carbocycles. The Hall–Kier alpha value is -3.43. The molecule has 1 saturated heterocycles. The number of urea groups is 1. The van der Waals surface area contributed by atoms with E-state index in [4.69, 9.17) is 4.52 Å². The van der Waals surface area contributed by atoms with Crippen LogP contribution >= 0.6 is 0 Å². The molecular formula is C21H26FN7O2. The zero-order chi connectivity index (χ0) is 21.8. The first-order valence-corrected chi connectivity index (χ1v) is 10.3. The molecule has 1 aliphatic carbocycles. The number of amidine groups is 1. The van der Waals surface area contributed by atoms with Gasteiger partial charge in [0, 0.05) is 31.9 Å². The fourth-order valence-electron chi connectivity index (χ4n) is 5.06.